The molecule has 0 spiro atoms. The normalized spacial score (nSPS) is 11.8. The zero-order chi connectivity index (χ0) is 42.1. The van der Waals surface area contributed by atoms with E-state index in [0.29, 0.717) is 0 Å². The first-order valence-electron chi connectivity index (χ1n) is 21.8. The Kier molecular flexibility index (Phi) is 8.18. The molecule has 0 unspecified atom stereocenters. The van der Waals surface area contributed by atoms with Crippen molar-refractivity contribution in [2.45, 2.75) is 0 Å². The molecule has 0 radical (unpaired) electrons. The van der Waals surface area contributed by atoms with Gasteiger partial charge in [0, 0.05) is 66.8 Å². The molecule has 13 aromatic rings. The van der Waals surface area contributed by atoms with E-state index < -0.39 is 0 Å². The number of fused-ring (bicyclic) bond motifs is 9. The summed E-state index contributed by atoms with van der Waals surface area (Å²) in [5.74, 6) is 0. The minimum atomic E-state index is 0.864. The summed E-state index contributed by atoms with van der Waals surface area (Å²) in [6.45, 7) is 0. The van der Waals surface area contributed by atoms with Crippen LogP contribution in [0.4, 0.5) is 17.1 Å². The van der Waals surface area contributed by atoms with Crippen LogP contribution < -0.4 is 4.90 Å². The molecule has 0 aliphatic heterocycles. The highest BCUT2D eigenvalue weighted by Gasteiger charge is 2.18. The highest BCUT2D eigenvalue weighted by Crippen LogP contribution is 2.41. The molecule has 0 amide bonds. The van der Waals surface area contributed by atoms with Crippen molar-refractivity contribution in [2.75, 3.05) is 4.90 Å². The van der Waals surface area contributed by atoms with Gasteiger partial charge < -0.3 is 18.5 Å². The molecule has 0 saturated carbocycles. The largest absolute Gasteiger partial charge is 0.456 e. The van der Waals surface area contributed by atoms with E-state index in [1.165, 1.54) is 54.7 Å². The second-order valence-corrected chi connectivity index (χ2v) is 16.5. The van der Waals surface area contributed by atoms with Crippen molar-refractivity contribution in [1.29, 1.82) is 0 Å². The molecule has 300 valence electrons. The van der Waals surface area contributed by atoms with Gasteiger partial charge in [0.15, 0.2) is 0 Å². The molecule has 13 rings (SSSR count). The molecule has 4 nitrogen and oxygen atoms in total. The minimum Gasteiger partial charge on any atom is -0.456 e. The highest BCUT2D eigenvalue weighted by atomic mass is 16.3. The fourth-order valence-electron chi connectivity index (χ4n) is 9.92. The van der Waals surface area contributed by atoms with E-state index >= 15 is 0 Å². The van der Waals surface area contributed by atoms with E-state index in [0.717, 1.165) is 61.5 Å². The number of furan rings is 1. The van der Waals surface area contributed by atoms with Crippen LogP contribution in [0.3, 0.4) is 0 Å². The zero-order valence-electron chi connectivity index (χ0n) is 34.8. The number of para-hydroxylation sites is 5. The molecule has 3 heterocycles. The summed E-state index contributed by atoms with van der Waals surface area (Å²) in [6, 6.07) is 85.1. The molecule has 0 bridgehead atoms. The molecule has 0 N–H and O–H groups in total. The van der Waals surface area contributed by atoms with E-state index in [1.807, 2.05) is 12.1 Å². The maximum Gasteiger partial charge on any atom is 0.137 e. The molecule has 3 aromatic heterocycles. The molecule has 0 atom stereocenters. The third-order valence-corrected chi connectivity index (χ3v) is 12.9. The van der Waals surface area contributed by atoms with Gasteiger partial charge in [0.25, 0.3) is 0 Å². The molecule has 0 aliphatic rings. The summed E-state index contributed by atoms with van der Waals surface area (Å²) in [5, 5.41) is 7.25. The molecule has 4 heteroatoms. The van der Waals surface area contributed by atoms with Crippen LogP contribution in [0.1, 0.15) is 0 Å². The lowest BCUT2D eigenvalue weighted by Gasteiger charge is -2.26. The lowest BCUT2D eigenvalue weighted by Crippen LogP contribution is -2.09. The third-order valence-electron chi connectivity index (χ3n) is 12.9. The van der Waals surface area contributed by atoms with Gasteiger partial charge in [-0.1, -0.05) is 133 Å². The maximum absolute atomic E-state index is 6.42. The molecule has 10 aromatic carbocycles. The monoisotopic (exact) mass is 817 g/mol. The Hall–Kier alpha value is -8.60. The van der Waals surface area contributed by atoms with Gasteiger partial charge in [-0.2, -0.15) is 0 Å². The highest BCUT2D eigenvalue weighted by molar-refractivity contribution is 6.11. The molecule has 0 saturated heterocycles. The van der Waals surface area contributed by atoms with Gasteiger partial charge in [-0.25, -0.2) is 0 Å². The second-order valence-electron chi connectivity index (χ2n) is 16.5. The van der Waals surface area contributed by atoms with Gasteiger partial charge in [0.2, 0.25) is 0 Å². The van der Waals surface area contributed by atoms with Gasteiger partial charge in [0.1, 0.15) is 11.2 Å². The summed E-state index contributed by atoms with van der Waals surface area (Å²) in [5.41, 5.74) is 16.7. The number of aromatic nitrogens is 2. The number of nitrogens with zero attached hydrogens (tertiary/aromatic N) is 3. The van der Waals surface area contributed by atoms with Crippen molar-refractivity contribution >= 4 is 82.6 Å². The molecule has 64 heavy (non-hydrogen) atoms. The summed E-state index contributed by atoms with van der Waals surface area (Å²) < 4.78 is 11.1. The third kappa shape index (κ3) is 5.77. The fourth-order valence-corrected chi connectivity index (χ4v) is 9.92. The summed E-state index contributed by atoms with van der Waals surface area (Å²) in [4.78, 5) is 2.32. The van der Waals surface area contributed by atoms with Crippen molar-refractivity contribution in [2.24, 2.45) is 0 Å². The van der Waals surface area contributed by atoms with Gasteiger partial charge in [-0.05, 0) is 119 Å². The fraction of sp³-hybridized carbons (Fsp3) is 0. The average Bonchev–Trinajstić information content (AvgIpc) is 4.02. The van der Waals surface area contributed by atoms with Crippen LogP contribution >= 0.6 is 0 Å². The van der Waals surface area contributed by atoms with Gasteiger partial charge in [-0.15, -0.1) is 0 Å². The van der Waals surface area contributed by atoms with Crippen LogP contribution in [0.2, 0.25) is 0 Å². The zero-order valence-corrected chi connectivity index (χ0v) is 34.8. The Morgan fingerprint density at radius 3 is 1.30 bits per heavy atom. The van der Waals surface area contributed by atoms with E-state index in [1.54, 1.807) is 0 Å². The first-order valence-corrected chi connectivity index (χ1v) is 21.8. The van der Waals surface area contributed by atoms with E-state index in [9.17, 15) is 0 Å². The van der Waals surface area contributed by atoms with Crippen molar-refractivity contribution in [3.63, 3.8) is 0 Å². The van der Waals surface area contributed by atoms with Gasteiger partial charge >= 0.3 is 0 Å². The van der Waals surface area contributed by atoms with Crippen LogP contribution in [0, 0.1) is 0 Å². The lowest BCUT2D eigenvalue weighted by molar-refractivity contribution is 0.669. The van der Waals surface area contributed by atoms with E-state index in [4.69, 9.17) is 4.42 Å². The van der Waals surface area contributed by atoms with Crippen molar-refractivity contribution in [3.05, 3.63) is 237 Å². The predicted molar refractivity (Wildman–Crippen MR) is 268 cm³/mol. The Balaban J connectivity index is 0.871. The Morgan fingerprint density at radius 1 is 0.266 bits per heavy atom. The molecule has 0 fully saturated rings. The molecular weight excluding hydrogens is 779 g/mol. The Bertz CT molecular complexity index is 3820. The van der Waals surface area contributed by atoms with Crippen molar-refractivity contribution in [1.82, 2.24) is 9.13 Å². The first-order chi connectivity index (χ1) is 31.7. The van der Waals surface area contributed by atoms with Crippen LogP contribution in [-0.4, -0.2) is 9.13 Å². The smallest absolute Gasteiger partial charge is 0.137 e. The Morgan fingerprint density at radius 2 is 0.688 bits per heavy atom. The standard InChI is InChI=1S/C60H39N3O/c1-2-12-44(13-3-1)62-57-20-10-6-16-51(57)54-38-43(28-37-58(54)62)42-26-31-46(32-27-42)61(48-35-36-53-52-17-7-11-21-59(52)64-60(53)39-48)45-29-22-40(23-30-45)41-24-33-47(34-25-41)63-55-18-8-4-14-49(55)50-15-5-9-19-56(50)63/h1-39H. The van der Waals surface area contributed by atoms with Crippen LogP contribution in [-0.2, 0) is 0 Å². The van der Waals surface area contributed by atoms with Crippen LogP contribution in [0.5, 0.6) is 0 Å². The number of hydrogen-bond donors (Lipinski definition) is 0. The van der Waals surface area contributed by atoms with Crippen LogP contribution in [0.15, 0.2) is 241 Å². The topological polar surface area (TPSA) is 26.2 Å². The SMILES string of the molecule is c1ccc(-n2c3ccccc3c3cc(-c4ccc(N(c5ccc(-c6ccc(-n7c8ccccc8c8ccccc87)cc6)cc5)c5ccc6c(c5)oc5ccccc56)cc4)ccc32)cc1. The summed E-state index contributed by atoms with van der Waals surface area (Å²) >= 11 is 0. The molecule has 0 aliphatic carbocycles. The Labute approximate surface area is 369 Å². The average molecular weight is 818 g/mol. The number of rotatable bonds is 7. The number of benzene rings is 10. The van der Waals surface area contributed by atoms with E-state index in [-0.39, 0.29) is 0 Å². The second kappa shape index (κ2) is 14.5. The molecular formula is C60H39N3O. The van der Waals surface area contributed by atoms with Crippen LogP contribution in [0.25, 0.3) is 99.2 Å². The van der Waals surface area contributed by atoms with Gasteiger partial charge in [0.05, 0.1) is 22.1 Å². The quantitative estimate of drug-likeness (QED) is 0.160. The number of hydrogen-bond acceptors (Lipinski definition) is 2. The summed E-state index contributed by atoms with van der Waals surface area (Å²) in [6.07, 6.45) is 0. The first kappa shape index (κ1) is 36.1. The van der Waals surface area contributed by atoms with Crippen molar-refractivity contribution in [3.8, 4) is 33.6 Å². The lowest BCUT2D eigenvalue weighted by atomic mass is 10.0. The van der Waals surface area contributed by atoms with Crippen molar-refractivity contribution < 1.29 is 4.42 Å². The number of anilines is 3. The minimum absolute atomic E-state index is 0.864. The summed E-state index contributed by atoms with van der Waals surface area (Å²) in [7, 11) is 0. The predicted octanol–water partition coefficient (Wildman–Crippen LogP) is 16.6. The maximum atomic E-state index is 6.42. The van der Waals surface area contributed by atoms with Gasteiger partial charge in [-0.3, -0.25) is 0 Å². The van der Waals surface area contributed by atoms with E-state index in [2.05, 4.69) is 238 Å².